The summed E-state index contributed by atoms with van der Waals surface area (Å²) in [7, 11) is 1.71. The average Bonchev–Trinajstić information content (AvgIpc) is 3.48. The van der Waals surface area contributed by atoms with Gasteiger partial charge >= 0.3 is 0 Å². The van der Waals surface area contributed by atoms with Gasteiger partial charge in [0.05, 0.1) is 11.3 Å². The Hall–Kier alpha value is -1.85. The lowest BCUT2D eigenvalue weighted by Gasteiger charge is -2.71. The van der Waals surface area contributed by atoms with Crippen LogP contribution in [0.5, 0.6) is 11.5 Å². The Bertz CT molecular complexity index is 1010. The molecule has 0 aromatic heterocycles. The maximum Gasteiger partial charge on any atom is 0.165 e. The fraction of sp³-hybridized carbons (Fsp3) is 0.640. The van der Waals surface area contributed by atoms with E-state index in [2.05, 4.69) is 23.1 Å². The predicted octanol–water partition coefficient (Wildman–Crippen LogP) is 2.98. The van der Waals surface area contributed by atoms with Crippen molar-refractivity contribution in [3.8, 4) is 11.5 Å². The number of hydrogen-bond acceptors (Lipinski definition) is 5. The highest BCUT2D eigenvalue weighted by Crippen LogP contribution is 2.74. The summed E-state index contributed by atoms with van der Waals surface area (Å²) in [6, 6.07) is 4.27. The van der Waals surface area contributed by atoms with Crippen LogP contribution < -0.4 is 4.74 Å². The van der Waals surface area contributed by atoms with E-state index in [0.29, 0.717) is 11.8 Å². The zero-order chi connectivity index (χ0) is 20.5. The van der Waals surface area contributed by atoms with E-state index in [4.69, 9.17) is 9.47 Å². The van der Waals surface area contributed by atoms with Crippen molar-refractivity contribution in [2.75, 3.05) is 20.2 Å². The van der Waals surface area contributed by atoms with Crippen LogP contribution in [0.4, 0.5) is 0 Å². The van der Waals surface area contributed by atoms with Gasteiger partial charge < -0.3 is 14.6 Å². The van der Waals surface area contributed by atoms with Gasteiger partial charge in [0.1, 0.15) is 17.5 Å². The molecule has 6 atom stereocenters. The second-order valence-electron chi connectivity index (χ2n) is 10.6. The maximum atomic E-state index is 12.9. The van der Waals surface area contributed by atoms with Crippen molar-refractivity contribution in [3.05, 3.63) is 35.4 Å². The lowest BCUT2D eigenvalue weighted by Crippen LogP contribution is -2.79. The molecule has 5 nitrogen and oxygen atoms in total. The molecular weight excluding hydrogens is 378 g/mol. The molecule has 2 aliphatic heterocycles. The minimum atomic E-state index is -0.767. The highest BCUT2D eigenvalue weighted by Gasteiger charge is 2.79. The SMILES string of the molecule is COC12C=CC3(CC1C(C)=O)C1Cc4ccc(O)c5c4C3(CCN1CC1CC1)C2O5. The van der Waals surface area contributed by atoms with Gasteiger partial charge in [-0.25, -0.2) is 0 Å². The van der Waals surface area contributed by atoms with Crippen LogP contribution in [0.1, 0.15) is 43.7 Å². The number of piperidine rings is 1. The molecule has 0 radical (unpaired) electrons. The molecule has 0 amide bonds. The monoisotopic (exact) mass is 407 g/mol. The number of rotatable bonds is 4. The summed E-state index contributed by atoms with van der Waals surface area (Å²) in [5.41, 5.74) is 1.39. The molecule has 158 valence electrons. The zero-order valence-electron chi connectivity index (χ0n) is 17.7. The summed E-state index contributed by atoms with van der Waals surface area (Å²) in [6.45, 7) is 3.92. The van der Waals surface area contributed by atoms with E-state index in [1.54, 1.807) is 20.1 Å². The first-order valence-electron chi connectivity index (χ1n) is 11.5. The van der Waals surface area contributed by atoms with Gasteiger partial charge in [0.25, 0.3) is 0 Å². The Labute approximate surface area is 177 Å². The summed E-state index contributed by atoms with van der Waals surface area (Å²) in [4.78, 5) is 15.6. The van der Waals surface area contributed by atoms with Crippen LogP contribution in [0.25, 0.3) is 0 Å². The zero-order valence-corrected chi connectivity index (χ0v) is 17.7. The number of Topliss-reactive ketones (excluding diaryl/α,β-unsaturated/α-hetero) is 1. The Balaban J connectivity index is 1.51. The molecular formula is C25H29NO4. The summed E-state index contributed by atoms with van der Waals surface area (Å²) in [6.07, 6.45) is 9.75. The second kappa shape index (κ2) is 5.31. The number of likely N-dealkylation sites (tertiary alicyclic amines) is 1. The summed E-state index contributed by atoms with van der Waals surface area (Å²) < 4.78 is 12.8. The molecule has 1 saturated heterocycles. The number of phenols is 1. The number of phenolic OH excluding ortho intramolecular Hbond substituents is 1. The third-order valence-electron chi connectivity index (χ3n) is 9.60. The van der Waals surface area contributed by atoms with E-state index >= 15 is 0 Å². The minimum Gasteiger partial charge on any atom is -0.504 e. The number of ether oxygens (including phenoxy) is 2. The number of carbonyl (C=O) groups excluding carboxylic acids is 1. The number of nitrogens with zero attached hydrogens (tertiary/aromatic N) is 1. The van der Waals surface area contributed by atoms with Crippen LogP contribution in [-0.4, -0.2) is 53.7 Å². The van der Waals surface area contributed by atoms with Crippen LogP contribution in [0.2, 0.25) is 0 Å². The summed E-state index contributed by atoms with van der Waals surface area (Å²) in [5.74, 6) is 1.66. The van der Waals surface area contributed by atoms with Gasteiger partial charge in [-0.2, -0.15) is 0 Å². The Kier molecular flexibility index (Phi) is 3.15. The van der Waals surface area contributed by atoms with Crippen molar-refractivity contribution in [2.45, 2.75) is 62.2 Å². The van der Waals surface area contributed by atoms with Crippen molar-refractivity contribution < 1.29 is 19.4 Å². The van der Waals surface area contributed by atoms with Crippen molar-refractivity contribution in [2.24, 2.45) is 17.3 Å². The first-order valence-corrected chi connectivity index (χ1v) is 11.5. The van der Waals surface area contributed by atoms with Crippen molar-refractivity contribution >= 4 is 5.78 Å². The van der Waals surface area contributed by atoms with Gasteiger partial charge in [-0.1, -0.05) is 18.2 Å². The molecule has 1 aromatic rings. The Morgan fingerprint density at radius 2 is 2.17 bits per heavy atom. The third-order valence-corrected chi connectivity index (χ3v) is 9.60. The molecule has 2 saturated carbocycles. The Morgan fingerprint density at radius 3 is 2.90 bits per heavy atom. The fourth-order valence-electron chi connectivity index (χ4n) is 8.24. The molecule has 5 heteroatoms. The van der Waals surface area contributed by atoms with Gasteiger partial charge in [-0.3, -0.25) is 9.69 Å². The predicted molar refractivity (Wildman–Crippen MR) is 111 cm³/mol. The van der Waals surface area contributed by atoms with Gasteiger partial charge in [0.15, 0.2) is 11.5 Å². The number of methoxy groups -OCH3 is 1. The molecule has 6 unspecified atom stereocenters. The fourth-order valence-corrected chi connectivity index (χ4v) is 8.24. The third kappa shape index (κ3) is 1.72. The van der Waals surface area contributed by atoms with E-state index < -0.39 is 5.60 Å². The van der Waals surface area contributed by atoms with Crippen molar-refractivity contribution in [1.82, 2.24) is 4.90 Å². The number of fused-ring (bicyclic) bond motifs is 1. The lowest BCUT2D eigenvalue weighted by molar-refractivity contribution is -0.214. The van der Waals surface area contributed by atoms with Crippen LogP contribution in [0.15, 0.2) is 24.3 Å². The number of benzene rings is 1. The molecule has 7 aliphatic rings. The number of hydrogen-bond donors (Lipinski definition) is 1. The van der Waals surface area contributed by atoms with Gasteiger partial charge in [0.2, 0.25) is 0 Å². The lowest BCUT2D eigenvalue weighted by atomic mass is 9.37. The smallest absolute Gasteiger partial charge is 0.165 e. The van der Waals surface area contributed by atoms with Crippen LogP contribution in [0.3, 0.4) is 0 Å². The first kappa shape index (κ1) is 17.8. The number of aromatic hydroxyl groups is 1. The average molecular weight is 408 g/mol. The summed E-state index contributed by atoms with van der Waals surface area (Å²) in [5, 5.41) is 10.7. The topological polar surface area (TPSA) is 59.0 Å². The quantitative estimate of drug-likeness (QED) is 0.778. The molecule has 4 bridgehead atoms. The minimum absolute atomic E-state index is 0.145. The summed E-state index contributed by atoms with van der Waals surface area (Å²) >= 11 is 0. The van der Waals surface area contributed by atoms with Gasteiger partial charge in [-0.05, 0) is 63.1 Å². The maximum absolute atomic E-state index is 12.9. The van der Waals surface area contributed by atoms with E-state index in [9.17, 15) is 9.90 Å². The normalized spacial score (nSPS) is 44.7. The highest BCUT2D eigenvalue weighted by atomic mass is 16.6. The van der Waals surface area contributed by atoms with Crippen LogP contribution >= 0.6 is 0 Å². The molecule has 2 heterocycles. The first-order chi connectivity index (χ1) is 14.5. The van der Waals surface area contributed by atoms with Gasteiger partial charge in [-0.15, -0.1) is 0 Å². The molecule has 1 N–H and O–H groups in total. The standard InChI is InChI=1S/C25H29NO4/c1-14(27)17-12-23-7-8-25(17,29-2)22-24(23)9-10-26(13-15-3-4-15)19(23)11-16-5-6-18(28)21(30-22)20(16)24/h5-8,15,17,19,22,28H,3-4,9-13H2,1-2H3. The highest BCUT2D eigenvalue weighted by molar-refractivity contribution is 5.82. The van der Waals surface area contributed by atoms with Crippen molar-refractivity contribution in [3.63, 3.8) is 0 Å². The Morgan fingerprint density at radius 1 is 1.33 bits per heavy atom. The molecule has 5 aliphatic carbocycles. The number of carbonyl (C=O) groups is 1. The number of ketones is 1. The molecule has 8 rings (SSSR count). The molecule has 2 spiro atoms. The van der Waals surface area contributed by atoms with E-state index in [1.807, 2.05) is 0 Å². The van der Waals surface area contributed by atoms with E-state index in [-0.39, 0.29) is 34.4 Å². The van der Waals surface area contributed by atoms with Crippen molar-refractivity contribution in [1.29, 1.82) is 0 Å². The van der Waals surface area contributed by atoms with E-state index in [0.717, 1.165) is 31.7 Å². The molecule has 3 fully saturated rings. The van der Waals surface area contributed by atoms with Crippen LogP contribution in [0, 0.1) is 17.3 Å². The second-order valence-corrected chi connectivity index (χ2v) is 10.6. The largest absolute Gasteiger partial charge is 0.504 e. The van der Waals surface area contributed by atoms with Crippen LogP contribution in [-0.2, 0) is 21.4 Å². The van der Waals surface area contributed by atoms with Gasteiger partial charge in [0, 0.05) is 30.7 Å². The molecule has 30 heavy (non-hydrogen) atoms. The van der Waals surface area contributed by atoms with E-state index in [1.165, 1.54) is 30.5 Å². The molecule has 1 aromatic carbocycles.